The van der Waals surface area contributed by atoms with Gasteiger partial charge in [-0.25, -0.2) is 24.9 Å². The average molecular weight is 467 g/mol. The number of hydrogen-bond donors (Lipinski definition) is 4. The van der Waals surface area contributed by atoms with E-state index in [4.69, 9.17) is 10.5 Å². The number of nitrogens with one attached hydrogen (secondary N) is 1. The fraction of sp³-hybridized carbons (Fsp3) is 0.350. The smallest absolute Gasteiger partial charge is 0.257 e. The number of carbonyl (C=O) groups is 2. The highest BCUT2D eigenvalue weighted by Crippen LogP contribution is 2.32. The van der Waals surface area contributed by atoms with Crippen LogP contribution < -0.4 is 11.1 Å². The van der Waals surface area contributed by atoms with Crippen molar-refractivity contribution in [2.24, 2.45) is 0 Å². The highest BCUT2D eigenvalue weighted by atomic mass is 16.6. The number of amides is 2. The van der Waals surface area contributed by atoms with Crippen molar-refractivity contribution in [2.75, 3.05) is 26.4 Å². The lowest BCUT2D eigenvalue weighted by Gasteiger charge is -2.16. The molecule has 3 aromatic heterocycles. The maximum absolute atomic E-state index is 12.4. The lowest BCUT2D eigenvalue weighted by atomic mass is 10.1. The number of aromatic nitrogens is 6. The minimum atomic E-state index is -1.45. The quantitative estimate of drug-likeness (QED) is 0.301. The van der Waals surface area contributed by atoms with Crippen molar-refractivity contribution in [3.63, 3.8) is 0 Å². The molecule has 1 aliphatic rings. The minimum Gasteiger partial charge on any atom is -0.387 e. The second-order valence-electron chi connectivity index (χ2n) is 7.39. The Bertz CT molecular complexity index is 1290. The van der Waals surface area contributed by atoms with E-state index in [-0.39, 0.29) is 35.3 Å². The minimum absolute atomic E-state index is 0.0369. The van der Waals surface area contributed by atoms with Gasteiger partial charge in [-0.05, 0) is 5.92 Å². The van der Waals surface area contributed by atoms with Crippen LogP contribution in [-0.2, 0) is 9.53 Å². The summed E-state index contributed by atoms with van der Waals surface area (Å²) in [5.41, 5.74) is 6.74. The summed E-state index contributed by atoms with van der Waals surface area (Å²) in [6.45, 7) is 0.0682. The molecule has 4 atom stereocenters. The standard InChI is InChI=1S/C20H21N9O5/c1-22-18(32)15-13(30)14(31)20(34-15)29-9-25-12-16(21)26-11(27-17(12)29)4-3-5-28(2)19(33)10-6-23-8-24-7-10/h6-9,13-15,20,30-31H,5H2,1-2H3,(H,22,32)(H2,21,26,27)/t13?,14-,15+,20-/m1/s1. The molecular formula is C20H21N9O5. The Hall–Kier alpha value is -4.19. The van der Waals surface area contributed by atoms with Crippen molar-refractivity contribution < 1.29 is 24.5 Å². The van der Waals surface area contributed by atoms with Crippen molar-refractivity contribution in [1.29, 1.82) is 0 Å². The summed E-state index contributed by atoms with van der Waals surface area (Å²) < 4.78 is 6.92. The lowest BCUT2D eigenvalue weighted by molar-refractivity contribution is -0.137. The maximum atomic E-state index is 12.4. The molecule has 0 bridgehead atoms. The number of nitrogens with zero attached hydrogens (tertiary/aromatic N) is 7. The predicted molar refractivity (Wildman–Crippen MR) is 116 cm³/mol. The number of aliphatic hydroxyl groups is 2. The first-order valence-corrected chi connectivity index (χ1v) is 10.0. The van der Waals surface area contributed by atoms with E-state index in [1.54, 1.807) is 7.05 Å². The van der Waals surface area contributed by atoms with E-state index >= 15 is 0 Å². The number of anilines is 1. The third-order valence-electron chi connectivity index (χ3n) is 5.14. The van der Waals surface area contributed by atoms with Gasteiger partial charge in [0.05, 0.1) is 18.4 Å². The van der Waals surface area contributed by atoms with Crippen LogP contribution in [-0.4, -0.2) is 95.4 Å². The Labute approximate surface area is 192 Å². The molecule has 0 aliphatic carbocycles. The van der Waals surface area contributed by atoms with Gasteiger partial charge >= 0.3 is 0 Å². The molecule has 14 nitrogen and oxygen atoms in total. The van der Waals surface area contributed by atoms with Crippen molar-refractivity contribution in [1.82, 2.24) is 39.7 Å². The van der Waals surface area contributed by atoms with Crippen LogP contribution in [0, 0.1) is 11.8 Å². The Morgan fingerprint density at radius 3 is 2.71 bits per heavy atom. The topological polar surface area (TPSA) is 194 Å². The number of nitrogen functional groups attached to an aromatic ring is 1. The largest absolute Gasteiger partial charge is 0.387 e. The van der Waals surface area contributed by atoms with Gasteiger partial charge < -0.3 is 30.9 Å². The van der Waals surface area contributed by atoms with Gasteiger partial charge in [0.1, 0.15) is 24.1 Å². The molecule has 1 unspecified atom stereocenters. The summed E-state index contributed by atoms with van der Waals surface area (Å²) in [7, 11) is 2.97. The number of hydrogen-bond acceptors (Lipinski definition) is 11. The normalized spacial score (nSPS) is 21.6. The molecule has 1 fully saturated rings. The maximum Gasteiger partial charge on any atom is 0.257 e. The average Bonchev–Trinajstić information content (AvgIpc) is 3.39. The number of fused-ring (bicyclic) bond motifs is 1. The van der Waals surface area contributed by atoms with Gasteiger partial charge in [0.15, 0.2) is 23.8 Å². The third kappa shape index (κ3) is 4.22. The predicted octanol–water partition coefficient (Wildman–Crippen LogP) is -2.31. The van der Waals surface area contributed by atoms with E-state index in [9.17, 15) is 19.8 Å². The first-order valence-electron chi connectivity index (χ1n) is 10.0. The van der Waals surface area contributed by atoms with Crippen LogP contribution in [0.4, 0.5) is 5.82 Å². The molecule has 3 aromatic rings. The van der Waals surface area contributed by atoms with Gasteiger partial charge in [0, 0.05) is 26.5 Å². The fourth-order valence-electron chi connectivity index (χ4n) is 3.37. The van der Waals surface area contributed by atoms with Crippen LogP contribution in [0.15, 0.2) is 25.0 Å². The summed E-state index contributed by atoms with van der Waals surface area (Å²) in [5.74, 6) is 4.74. The zero-order chi connectivity index (χ0) is 24.4. The SMILES string of the molecule is CNC(=O)[C@H]1O[C@@H](n2cnc3c(N)nc(C#CCN(C)C(=O)c4cncnc4)nc32)[C@H](O)C1O. The van der Waals surface area contributed by atoms with Crippen molar-refractivity contribution in [3.8, 4) is 11.8 Å². The summed E-state index contributed by atoms with van der Waals surface area (Å²) in [4.78, 5) is 45.9. The van der Waals surface area contributed by atoms with Crippen molar-refractivity contribution >= 4 is 28.8 Å². The summed E-state index contributed by atoms with van der Waals surface area (Å²) in [5, 5.41) is 23.0. The van der Waals surface area contributed by atoms with Crippen LogP contribution >= 0.6 is 0 Å². The number of nitrogens with two attached hydrogens (primary N) is 1. The van der Waals surface area contributed by atoms with Crippen LogP contribution in [0.25, 0.3) is 11.2 Å². The molecule has 34 heavy (non-hydrogen) atoms. The number of carbonyl (C=O) groups excluding carboxylic acids is 2. The van der Waals surface area contributed by atoms with Crippen LogP contribution in [0.2, 0.25) is 0 Å². The number of likely N-dealkylation sites (N-methyl/N-ethyl adjacent to an activating group) is 1. The van der Waals surface area contributed by atoms with E-state index in [0.29, 0.717) is 5.56 Å². The van der Waals surface area contributed by atoms with Gasteiger partial charge in [0.2, 0.25) is 5.82 Å². The van der Waals surface area contributed by atoms with Gasteiger partial charge in [-0.2, -0.15) is 0 Å². The molecule has 0 spiro atoms. The van der Waals surface area contributed by atoms with Crippen LogP contribution in [0.1, 0.15) is 22.4 Å². The van der Waals surface area contributed by atoms with E-state index in [0.717, 1.165) is 0 Å². The summed E-state index contributed by atoms with van der Waals surface area (Å²) >= 11 is 0. The van der Waals surface area contributed by atoms with Crippen LogP contribution in [0.3, 0.4) is 0 Å². The Morgan fingerprint density at radius 2 is 2.00 bits per heavy atom. The molecule has 1 aliphatic heterocycles. The molecule has 4 rings (SSSR count). The van der Waals surface area contributed by atoms with Crippen molar-refractivity contribution in [2.45, 2.75) is 24.5 Å². The Balaban J connectivity index is 1.57. The van der Waals surface area contributed by atoms with E-state index in [1.807, 2.05) is 0 Å². The second kappa shape index (κ2) is 9.35. The van der Waals surface area contributed by atoms with Crippen LogP contribution in [0.5, 0.6) is 0 Å². The number of ether oxygens (including phenoxy) is 1. The molecule has 0 saturated carbocycles. The second-order valence-corrected chi connectivity index (χ2v) is 7.39. The fourth-order valence-corrected chi connectivity index (χ4v) is 3.37. The highest BCUT2D eigenvalue weighted by molar-refractivity contribution is 5.93. The molecule has 0 aromatic carbocycles. The molecule has 1 saturated heterocycles. The molecule has 4 heterocycles. The van der Waals surface area contributed by atoms with E-state index in [1.165, 1.54) is 41.6 Å². The van der Waals surface area contributed by atoms with Gasteiger partial charge in [0.25, 0.3) is 11.8 Å². The van der Waals surface area contributed by atoms with E-state index < -0.39 is 30.4 Å². The number of rotatable bonds is 4. The Morgan fingerprint density at radius 1 is 1.26 bits per heavy atom. The number of imidazole rings is 1. The summed E-state index contributed by atoms with van der Waals surface area (Å²) in [6, 6.07) is 0. The monoisotopic (exact) mass is 467 g/mol. The highest BCUT2D eigenvalue weighted by Gasteiger charge is 2.47. The van der Waals surface area contributed by atoms with Gasteiger partial charge in [-0.15, -0.1) is 0 Å². The molecule has 0 radical (unpaired) electrons. The zero-order valence-corrected chi connectivity index (χ0v) is 18.2. The van der Waals surface area contributed by atoms with Crippen molar-refractivity contribution in [3.05, 3.63) is 36.4 Å². The molecule has 176 valence electrons. The third-order valence-corrected chi connectivity index (χ3v) is 5.14. The molecular weight excluding hydrogens is 446 g/mol. The van der Waals surface area contributed by atoms with Gasteiger partial charge in [-0.3, -0.25) is 14.2 Å². The first kappa shape index (κ1) is 23.0. The van der Waals surface area contributed by atoms with Gasteiger partial charge in [-0.1, -0.05) is 5.92 Å². The zero-order valence-electron chi connectivity index (χ0n) is 18.2. The van der Waals surface area contributed by atoms with E-state index in [2.05, 4.69) is 42.1 Å². The molecule has 14 heteroatoms. The summed E-state index contributed by atoms with van der Waals surface area (Å²) in [6.07, 6.45) is 0.156. The molecule has 5 N–H and O–H groups in total. The molecule has 2 amide bonds. The number of aliphatic hydroxyl groups excluding tert-OH is 2. The lowest BCUT2D eigenvalue weighted by Crippen LogP contribution is -2.41. The Kier molecular flexibility index (Phi) is 6.32. The first-order chi connectivity index (χ1) is 16.3.